The van der Waals surface area contributed by atoms with E-state index in [0.717, 1.165) is 16.0 Å². The van der Waals surface area contributed by atoms with Crippen LogP contribution < -0.4 is 5.73 Å². The molecule has 0 aliphatic carbocycles. The Kier molecular flexibility index (Phi) is 3.35. The maximum Gasteiger partial charge on any atom is 0.128 e. The van der Waals surface area contributed by atoms with Crippen LogP contribution in [0, 0.1) is 20.8 Å². The van der Waals surface area contributed by atoms with Crippen LogP contribution >= 0.6 is 15.9 Å². The first kappa shape index (κ1) is 12.3. The van der Waals surface area contributed by atoms with Gasteiger partial charge in [-0.25, -0.2) is 4.98 Å². The predicted octanol–water partition coefficient (Wildman–Crippen LogP) is 3.15. The van der Waals surface area contributed by atoms with Crippen molar-refractivity contribution in [3.63, 3.8) is 0 Å². The summed E-state index contributed by atoms with van der Waals surface area (Å²) < 4.78 is 0.851. The van der Waals surface area contributed by atoms with Crippen LogP contribution in [0.3, 0.4) is 0 Å². The van der Waals surface area contributed by atoms with E-state index < -0.39 is 0 Å². The first-order chi connectivity index (χ1) is 7.99. The number of halogens is 1. The highest BCUT2D eigenvalue weighted by Crippen LogP contribution is 2.24. The van der Waals surface area contributed by atoms with E-state index in [2.05, 4.69) is 58.8 Å². The predicted molar refractivity (Wildman–Crippen MR) is 73.0 cm³/mol. The second-order valence-electron chi connectivity index (χ2n) is 4.39. The van der Waals surface area contributed by atoms with Gasteiger partial charge in [0.1, 0.15) is 10.4 Å². The third kappa shape index (κ3) is 2.42. The van der Waals surface area contributed by atoms with Crippen LogP contribution in [0.1, 0.15) is 34.1 Å². The Morgan fingerprint density at radius 1 is 1.18 bits per heavy atom. The summed E-state index contributed by atoms with van der Waals surface area (Å²) in [6.07, 6.45) is 1.73. The number of rotatable bonds is 2. The van der Waals surface area contributed by atoms with Crippen molar-refractivity contribution < 1.29 is 0 Å². The first-order valence-electron chi connectivity index (χ1n) is 5.52. The molecule has 1 aromatic heterocycles. The summed E-state index contributed by atoms with van der Waals surface area (Å²) in [7, 11) is 0. The molecule has 0 bridgehead atoms. The molecule has 3 nitrogen and oxygen atoms in total. The van der Waals surface area contributed by atoms with Crippen molar-refractivity contribution in [3.8, 4) is 0 Å². The Morgan fingerprint density at radius 2 is 1.82 bits per heavy atom. The Hall–Kier alpha value is -1.13. The number of hydrogen-bond donors (Lipinski definition) is 2. The molecule has 1 atom stereocenters. The molecule has 0 amide bonds. The van der Waals surface area contributed by atoms with Gasteiger partial charge in [0.25, 0.3) is 0 Å². The van der Waals surface area contributed by atoms with Crippen LogP contribution in [0.25, 0.3) is 0 Å². The van der Waals surface area contributed by atoms with Gasteiger partial charge < -0.3 is 10.7 Å². The smallest absolute Gasteiger partial charge is 0.128 e. The van der Waals surface area contributed by atoms with Crippen molar-refractivity contribution >= 4 is 15.9 Å². The fraction of sp³-hybridized carbons (Fsp3) is 0.308. The van der Waals surface area contributed by atoms with Gasteiger partial charge in [-0.15, -0.1) is 0 Å². The van der Waals surface area contributed by atoms with Crippen LogP contribution in [-0.2, 0) is 0 Å². The lowest BCUT2D eigenvalue weighted by Gasteiger charge is -2.15. The molecule has 0 radical (unpaired) electrons. The molecule has 3 N–H and O–H groups in total. The quantitative estimate of drug-likeness (QED) is 0.894. The lowest BCUT2D eigenvalue weighted by molar-refractivity contribution is 0.791. The van der Waals surface area contributed by atoms with Gasteiger partial charge in [-0.1, -0.05) is 12.1 Å². The van der Waals surface area contributed by atoms with Gasteiger partial charge in [-0.05, 0) is 59.0 Å². The van der Waals surface area contributed by atoms with Crippen molar-refractivity contribution in [2.75, 3.05) is 0 Å². The Balaban J connectivity index is 2.43. The van der Waals surface area contributed by atoms with Crippen LogP contribution in [0.5, 0.6) is 0 Å². The zero-order chi connectivity index (χ0) is 12.6. The fourth-order valence-electron chi connectivity index (χ4n) is 1.94. The number of aromatic amines is 1. The van der Waals surface area contributed by atoms with Crippen LogP contribution in [0.15, 0.2) is 22.9 Å². The Bertz CT molecular complexity index is 546. The number of H-pyrrole nitrogens is 1. The molecule has 90 valence electrons. The third-order valence-electron chi connectivity index (χ3n) is 3.08. The second-order valence-corrected chi connectivity index (χ2v) is 5.24. The summed E-state index contributed by atoms with van der Waals surface area (Å²) >= 11 is 3.34. The molecule has 0 aliphatic heterocycles. The summed E-state index contributed by atoms with van der Waals surface area (Å²) in [4.78, 5) is 7.37. The van der Waals surface area contributed by atoms with Crippen molar-refractivity contribution in [2.24, 2.45) is 5.73 Å². The average Bonchev–Trinajstić information content (AvgIpc) is 2.69. The van der Waals surface area contributed by atoms with Crippen molar-refractivity contribution in [2.45, 2.75) is 26.8 Å². The van der Waals surface area contributed by atoms with E-state index >= 15 is 0 Å². The monoisotopic (exact) mass is 293 g/mol. The van der Waals surface area contributed by atoms with Crippen molar-refractivity contribution in [1.82, 2.24) is 9.97 Å². The summed E-state index contributed by atoms with van der Waals surface area (Å²) in [6, 6.07) is 4.11. The molecule has 0 fully saturated rings. The number of nitrogens with two attached hydrogens (primary N) is 1. The first-order valence-corrected chi connectivity index (χ1v) is 6.32. The summed E-state index contributed by atoms with van der Waals surface area (Å²) in [5.74, 6) is 0.781. The second kappa shape index (κ2) is 4.63. The number of nitrogens with one attached hydrogen (secondary N) is 1. The van der Waals surface area contributed by atoms with E-state index in [1.54, 1.807) is 6.20 Å². The van der Waals surface area contributed by atoms with E-state index in [1.807, 2.05) is 0 Å². The molecule has 0 saturated carbocycles. The number of aromatic nitrogens is 2. The van der Waals surface area contributed by atoms with Gasteiger partial charge in [0.2, 0.25) is 0 Å². The molecule has 0 aliphatic rings. The van der Waals surface area contributed by atoms with Crippen molar-refractivity contribution in [1.29, 1.82) is 0 Å². The molecular formula is C13H16BrN3. The number of benzene rings is 1. The normalized spacial score (nSPS) is 12.8. The standard InChI is InChI=1S/C13H16BrN3/c1-7-4-9(3)10(5-8(7)2)12(15)13-16-6-11(14)17-13/h4-6,12H,15H2,1-3H3,(H,16,17). The lowest BCUT2D eigenvalue weighted by Crippen LogP contribution is -2.15. The molecule has 0 spiro atoms. The van der Waals surface area contributed by atoms with Crippen LogP contribution in [0.2, 0.25) is 0 Å². The van der Waals surface area contributed by atoms with Gasteiger partial charge in [0, 0.05) is 0 Å². The number of nitrogens with zero attached hydrogens (tertiary/aromatic N) is 1. The van der Waals surface area contributed by atoms with E-state index in [-0.39, 0.29) is 6.04 Å². The molecule has 1 aromatic carbocycles. The average molecular weight is 294 g/mol. The molecule has 1 unspecified atom stereocenters. The van der Waals surface area contributed by atoms with Crippen LogP contribution in [-0.4, -0.2) is 9.97 Å². The Morgan fingerprint density at radius 3 is 2.41 bits per heavy atom. The van der Waals surface area contributed by atoms with E-state index in [1.165, 1.54) is 16.7 Å². The number of aryl methyl sites for hydroxylation is 3. The van der Waals surface area contributed by atoms with Gasteiger partial charge in [-0.2, -0.15) is 0 Å². The third-order valence-corrected chi connectivity index (χ3v) is 3.48. The molecular weight excluding hydrogens is 278 g/mol. The highest BCUT2D eigenvalue weighted by molar-refractivity contribution is 9.10. The highest BCUT2D eigenvalue weighted by Gasteiger charge is 2.15. The van der Waals surface area contributed by atoms with E-state index in [0.29, 0.717) is 0 Å². The SMILES string of the molecule is Cc1cc(C)c(C(N)c2ncc(Br)[nH]2)cc1C. The fourth-order valence-corrected chi connectivity index (χ4v) is 2.24. The summed E-state index contributed by atoms with van der Waals surface area (Å²) in [5.41, 5.74) is 11.1. The van der Waals surface area contributed by atoms with E-state index in [4.69, 9.17) is 5.73 Å². The minimum absolute atomic E-state index is 0.208. The largest absolute Gasteiger partial charge is 0.335 e. The maximum atomic E-state index is 6.23. The number of hydrogen-bond acceptors (Lipinski definition) is 2. The van der Waals surface area contributed by atoms with Gasteiger partial charge in [0.15, 0.2) is 0 Å². The van der Waals surface area contributed by atoms with E-state index in [9.17, 15) is 0 Å². The zero-order valence-electron chi connectivity index (χ0n) is 10.2. The maximum absolute atomic E-state index is 6.23. The molecule has 1 heterocycles. The Labute approximate surface area is 110 Å². The molecule has 17 heavy (non-hydrogen) atoms. The van der Waals surface area contributed by atoms with Gasteiger partial charge in [0.05, 0.1) is 12.2 Å². The topological polar surface area (TPSA) is 54.7 Å². The van der Waals surface area contributed by atoms with Gasteiger partial charge >= 0.3 is 0 Å². The molecule has 0 saturated heterocycles. The van der Waals surface area contributed by atoms with Gasteiger partial charge in [-0.3, -0.25) is 0 Å². The number of imidazole rings is 1. The molecule has 2 rings (SSSR count). The zero-order valence-corrected chi connectivity index (χ0v) is 11.8. The van der Waals surface area contributed by atoms with Crippen molar-refractivity contribution in [3.05, 3.63) is 51.0 Å². The summed E-state index contributed by atoms with van der Waals surface area (Å²) in [6.45, 7) is 6.30. The van der Waals surface area contributed by atoms with Crippen LogP contribution in [0.4, 0.5) is 0 Å². The lowest BCUT2D eigenvalue weighted by atomic mass is 9.96. The summed E-state index contributed by atoms with van der Waals surface area (Å²) in [5, 5.41) is 0. The minimum Gasteiger partial charge on any atom is -0.335 e. The molecule has 2 aromatic rings. The molecule has 4 heteroatoms. The highest BCUT2D eigenvalue weighted by atomic mass is 79.9. The minimum atomic E-state index is -0.208.